The van der Waals surface area contributed by atoms with Gasteiger partial charge in [-0.25, -0.2) is 19.7 Å². The molecule has 2 aromatic rings. The molecule has 0 aliphatic heterocycles. The zero-order valence-electron chi connectivity index (χ0n) is 35.7. The highest BCUT2D eigenvalue weighted by molar-refractivity contribution is 8.02. The van der Waals surface area contributed by atoms with E-state index in [1.807, 2.05) is 68.6 Å². The van der Waals surface area contributed by atoms with Crippen LogP contribution in [0.5, 0.6) is 0 Å². The highest BCUT2D eigenvalue weighted by atomic mass is 32.2. The van der Waals surface area contributed by atoms with E-state index in [9.17, 15) is 19.2 Å². The summed E-state index contributed by atoms with van der Waals surface area (Å²) < 4.78 is 10.5. The third kappa shape index (κ3) is 22.1. The predicted molar refractivity (Wildman–Crippen MR) is 224 cm³/mol. The van der Waals surface area contributed by atoms with Crippen LogP contribution in [0, 0.1) is 0 Å². The number of hydroxylamine groups is 4. The average molecular weight is 803 g/mol. The van der Waals surface area contributed by atoms with Crippen molar-refractivity contribution in [2.45, 2.75) is 105 Å². The maximum Gasteiger partial charge on any atom is 0.408 e. The third-order valence-corrected chi connectivity index (χ3v) is 8.08. The molecule has 0 aliphatic rings. The predicted octanol–water partition coefficient (Wildman–Crippen LogP) is 6.25. The molecule has 0 bridgehead atoms. The van der Waals surface area contributed by atoms with Gasteiger partial charge in [0.25, 0.3) is 11.8 Å². The summed E-state index contributed by atoms with van der Waals surface area (Å²) in [6.07, 6.45) is 1.31. The number of rotatable bonds is 15. The number of likely N-dealkylation sites (N-methyl/N-ethyl adjacent to an activating group) is 2. The summed E-state index contributed by atoms with van der Waals surface area (Å²) in [6, 6.07) is 13.6. The number of benzene rings is 2. The van der Waals surface area contributed by atoms with Crippen LogP contribution in [0.25, 0.3) is 0 Å². The lowest BCUT2D eigenvalue weighted by Gasteiger charge is -2.26. The first kappa shape index (κ1) is 51.4. The minimum atomic E-state index is -0.823. The van der Waals surface area contributed by atoms with Crippen LogP contribution in [-0.2, 0) is 54.7 Å². The van der Waals surface area contributed by atoms with Crippen molar-refractivity contribution in [2.24, 2.45) is 5.73 Å². The summed E-state index contributed by atoms with van der Waals surface area (Å²) >= 11 is 1.69. The molecule has 0 saturated carbocycles. The van der Waals surface area contributed by atoms with Crippen LogP contribution in [0.4, 0.5) is 9.59 Å². The van der Waals surface area contributed by atoms with E-state index in [1.165, 1.54) is 33.2 Å². The van der Waals surface area contributed by atoms with Gasteiger partial charge in [-0.3, -0.25) is 19.3 Å². The van der Waals surface area contributed by atoms with Crippen molar-refractivity contribution in [2.75, 3.05) is 34.6 Å². The number of nitrogens with two attached hydrogens (primary N) is 1. The monoisotopic (exact) mass is 802 g/mol. The van der Waals surface area contributed by atoms with Crippen LogP contribution in [0.3, 0.4) is 0 Å². The minimum absolute atomic E-state index is 0.291. The molecule has 15 heteroatoms. The van der Waals surface area contributed by atoms with Crippen molar-refractivity contribution in [3.8, 4) is 0 Å². The Morgan fingerprint density at radius 3 is 1.36 bits per heavy atom. The maximum atomic E-state index is 12.7. The lowest BCUT2D eigenvalue weighted by Crippen LogP contribution is -2.49. The average Bonchev–Trinajstić information content (AvgIpc) is 3.11. The summed E-state index contributed by atoms with van der Waals surface area (Å²) in [5.41, 5.74) is 9.04. The SMILES string of the molecule is C=C(C)NCc1ccccc1C[C@H](NC(=O)OC(C)(C)C)C(=O)N(C)OC.C=C(C)SC.CON(C)C(=O)[C@H](Cc1ccccc1CN)NC(=O)OC(C)(C)C. The Labute approximate surface area is 338 Å². The van der Waals surface area contributed by atoms with Crippen LogP contribution in [-0.4, -0.2) is 92.0 Å². The number of hydrogen-bond donors (Lipinski definition) is 4. The number of hydrogen-bond acceptors (Lipinski definition) is 11. The van der Waals surface area contributed by atoms with Gasteiger partial charge in [0, 0.05) is 45.7 Å². The lowest BCUT2D eigenvalue weighted by molar-refractivity contribution is -0.171. The molecule has 5 N–H and O–H groups in total. The van der Waals surface area contributed by atoms with E-state index in [0.717, 1.165) is 38.1 Å². The molecule has 0 fully saturated rings. The normalized spacial score (nSPS) is 11.8. The number of alkyl carbamates (subject to hydrolysis) is 2. The van der Waals surface area contributed by atoms with Crippen LogP contribution in [0.1, 0.15) is 77.6 Å². The molecule has 0 unspecified atom stereocenters. The Bertz CT molecular complexity index is 1570. The lowest BCUT2D eigenvalue weighted by atomic mass is 9.99. The second-order valence-electron chi connectivity index (χ2n) is 14.6. The van der Waals surface area contributed by atoms with E-state index in [-0.39, 0.29) is 11.8 Å². The molecule has 314 valence electrons. The Morgan fingerprint density at radius 1 is 0.714 bits per heavy atom. The van der Waals surface area contributed by atoms with Crippen LogP contribution >= 0.6 is 11.8 Å². The first-order valence-electron chi connectivity index (χ1n) is 18.0. The number of nitrogens with one attached hydrogen (secondary N) is 3. The second-order valence-corrected chi connectivity index (χ2v) is 15.7. The van der Waals surface area contributed by atoms with Crippen molar-refractivity contribution in [3.05, 3.63) is 94.5 Å². The maximum absolute atomic E-state index is 12.7. The minimum Gasteiger partial charge on any atom is -0.444 e. The van der Waals surface area contributed by atoms with Crippen molar-refractivity contribution in [1.82, 2.24) is 26.1 Å². The number of ether oxygens (including phenoxy) is 2. The summed E-state index contributed by atoms with van der Waals surface area (Å²) in [4.78, 5) is 60.5. The number of carbonyl (C=O) groups excluding carboxylic acids is 4. The molecule has 0 aliphatic carbocycles. The number of nitrogens with zero attached hydrogens (tertiary/aromatic N) is 2. The highest BCUT2D eigenvalue weighted by Crippen LogP contribution is 2.16. The first-order chi connectivity index (χ1) is 26.0. The fourth-order valence-corrected chi connectivity index (χ4v) is 4.49. The molecule has 2 aromatic carbocycles. The van der Waals surface area contributed by atoms with Gasteiger partial charge in [-0.1, -0.05) is 61.7 Å². The van der Waals surface area contributed by atoms with Crippen LogP contribution in [0.2, 0.25) is 0 Å². The van der Waals surface area contributed by atoms with E-state index < -0.39 is 35.5 Å². The molecule has 56 heavy (non-hydrogen) atoms. The summed E-state index contributed by atoms with van der Waals surface area (Å²) in [5.74, 6) is -0.749. The zero-order chi connectivity index (χ0) is 43.2. The summed E-state index contributed by atoms with van der Waals surface area (Å²) in [5, 5.41) is 10.6. The van der Waals surface area contributed by atoms with E-state index in [1.54, 1.807) is 53.3 Å². The quantitative estimate of drug-likeness (QED) is 0.150. The summed E-state index contributed by atoms with van der Waals surface area (Å²) in [6.45, 7) is 22.9. The fourth-order valence-electron chi connectivity index (χ4n) is 4.49. The molecular weight excluding hydrogens is 737 g/mol. The molecule has 2 atom stereocenters. The van der Waals surface area contributed by atoms with Gasteiger partial charge >= 0.3 is 12.2 Å². The molecular formula is C41H66N6O8S. The van der Waals surface area contributed by atoms with Gasteiger partial charge in [-0.05, 0) is 88.8 Å². The first-order valence-corrected chi connectivity index (χ1v) is 19.3. The van der Waals surface area contributed by atoms with Crippen LogP contribution in [0.15, 0.2) is 72.3 Å². The van der Waals surface area contributed by atoms with Crippen molar-refractivity contribution in [1.29, 1.82) is 0 Å². The molecule has 0 saturated heterocycles. The van der Waals surface area contributed by atoms with Gasteiger partial charge in [0.05, 0.1) is 14.2 Å². The van der Waals surface area contributed by atoms with Crippen molar-refractivity contribution >= 4 is 35.8 Å². The highest BCUT2D eigenvalue weighted by Gasteiger charge is 2.29. The zero-order valence-corrected chi connectivity index (χ0v) is 36.5. The van der Waals surface area contributed by atoms with Gasteiger partial charge in [0.1, 0.15) is 23.3 Å². The molecule has 2 rings (SSSR count). The largest absolute Gasteiger partial charge is 0.444 e. The van der Waals surface area contributed by atoms with Crippen molar-refractivity contribution < 1.29 is 38.3 Å². The molecule has 14 nitrogen and oxygen atoms in total. The van der Waals surface area contributed by atoms with Gasteiger partial charge in [0.2, 0.25) is 0 Å². The smallest absolute Gasteiger partial charge is 0.408 e. The van der Waals surface area contributed by atoms with Crippen LogP contribution < -0.4 is 21.7 Å². The Kier molecular flexibility index (Phi) is 23.5. The second kappa shape index (κ2) is 25.6. The van der Waals surface area contributed by atoms with Gasteiger partial charge in [-0.15, -0.1) is 11.8 Å². The Morgan fingerprint density at radius 2 is 1.05 bits per heavy atom. The fraction of sp³-hybridized carbons (Fsp3) is 0.512. The molecule has 0 spiro atoms. The number of carbonyl (C=O) groups is 4. The molecule has 4 amide bonds. The topological polar surface area (TPSA) is 174 Å². The number of amides is 4. The van der Waals surface area contributed by atoms with E-state index >= 15 is 0 Å². The van der Waals surface area contributed by atoms with Gasteiger partial charge < -0.3 is 31.2 Å². The van der Waals surface area contributed by atoms with E-state index in [4.69, 9.17) is 24.9 Å². The number of thioether (sulfide) groups is 1. The summed E-state index contributed by atoms with van der Waals surface area (Å²) in [7, 11) is 5.77. The van der Waals surface area contributed by atoms with E-state index in [0.29, 0.717) is 25.9 Å². The molecule has 0 heterocycles. The standard InChI is InChI=1S/C20H31N3O4.C17H27N3O4.C4H8S/c1-14(2)21-13-16-11-9-8-10-15(16)12-17(18(24)23(6)26-7)22-19(25)27-20(3,4)5;1-17(2,3)24-16(22)19-14(15(21)20(4)23-5)10-12-8-6-7-9-13(12)11-18;1-4(2)5-3/h8-11,17,21H,1,12-13H2,2-7H3,(H,22,25);6-9,14H,10-11,18H2,1-5H3,(H,19,22);1H2,2-3H3/t17-;14-;/m00./s1. The molecule has 0 radical (unpaired) electrons. The third-order valence-electron chi connectivity index (χ3n) is 7.38. The van der Waals surface area contributed by atoms with Gasteiger partial charge in [-0.2, -0.15) is 0 Å². The molecule has 0 aromatic heterocycles. The van der Waals surface area contributed by atoms with Crippen molar-refractivity contribution in [3.63, 3.8) is 0 Å². The Hall–Kier alpha value is -4.57. The van der Waals surface area contributed by atoms with E-state index in [2.05, 4.69) is 29.1 Å². The Balaban J connectivity index is 0.000000968. The van der Waals surface area contributed by atoms with Gasteiger partial charge in [0.15, 0.2) is 0 Å². The number of allylic oxidation sites excluding steroid dienone is 2.